The highest BCUT2D eigenvalue weighted by Gasteiger charge is 2.18. The third-order valence-electron chi connectivity index (χ3n) is 3.49. The van der Waals surface area contributed by atoms with E-state index in [2.05, 4.69) is 5.32 Å². The second kappa shape index (κ2) is 6.45. The first kappa shape index (κ1) is 15.8. The number of fused-ring (bicyclic) bond motifs is 1. The highest BCUT2D eigenvalue weighted by molar-refractivity contribution is 6.17. The first-order chi connectivity index (χ1) is 10.1. The summed E-state index contributed by atoms with van der Waals surface area (Å²) in [6.07, 6.45) is 0.505. The van der Waals surface area contributed by atoms with Crippen molar-refractivity contribution in [3.05, 3.63) is 39.4 Å². The number of hydrogen-bond donors (Lipinski definition) is 1. The van der Waals surface area contributed by atoms with Gasteiger partial charge < -0.3 is 10.1 Å². The van der Waals surface area contributed by atoms with Gasteiger partial charge in [-0.25, -0.2) is 4.39 Å². The molecule has 0 aliphatic heterocycles. The molecule has 0 amide bonds. The highest BCUT2D eigenvalue weighted by atomic mass is 35.5. The molecule has 0 aliphatic carbocycles. The van der Waals surface area contributed by atoms with Crippen molar-refractivity contribution in [1.29, 1.82) is 0 Å². The maximum absolute atomic E-state index is 14.5. The van der Waals surface area contributed by atoms with E-state index in [-0.39, 0.29) is 18.2 Å². The molecule has 0 saturated heterocycles. The first-order valence-corrected chi connectivity index (χ1v) is 7.22. The van der Waals surface area contributed by atoms with Gasteiger partial charge in [-0.2, -0.15) is 0 Å². The number of halogens is 2. The maximum atomic E-state index is 14.5. The summed E-state index contributed by atoms with van der Waals surface area (Å²) in [7, 11) is 3.18. The number of rotatable bonds is 5. The summed E-state index contributed by atoms with van der Waals surface area (Å²) in [5, 5.41) is 3.34. The van der Waals surface area contributed by atoms with Gasteiger partial charge >= 0.3 is 0 Å². The van der Waals surface area contributed by atoms with Crippen molar-refractivity contribution in [2.75, 3.05) is 19.5 Å². The van der Waals surface area contributed by atoms with E-state index in [1.165, 1.54) is 17.7 Å². The Morgan fingerprint density at radius 3 is 2.67 bits per heavy atom. The van der Waals surface area contributed by atoms with Crippen LogP contribution in [0.2, 0.25) is 0 Å². The summed E-state index contributed by atoms with van der Waals surface area (Å²) < 4.78 is 21.0. The Kier molecular flexibility index (Phi) is 4.85. The van der Waals surface area contributed by atoms with E-state index in [9.17, 15) is 9.18 Å². The van der Waals surface area contributed by atoms with Gasteiger partial charge in [-0.3, -0.25) is 9.36 Å². The third-order valence-corrected chi connectivity index (χ3v) is 3.80. The van der Waals surface area contributed by atoms with Gasteiger partial charge in [0.1, 0.15) is 12.5 Å². The van der Waals surface area contributed by atoms with E-state index in [0.717, 1.165) is 0 Å². The Hall–Kier alpha value is -1.59. The Morgan fingerprint density at radius 2 is 2.14 bits per heavy atom. The van der Waals surface area contributed by atoms with Gasteiger partial charge in [0.25, 0.3) is 5.56 Å². The van der Waals surface area contributed by atoms with E-state index < -0.39 is 5.82 Å². The van der Waals surface area contributed by atoms with Gasteiger partial charge in [-0.15, -0.1) is 11.6 Å². The van der Waals surface area contributed by atoms with Gasteiger partial charge in [-0.1, -0.05) is 6.92 Å². The van der Waals surface area contributed by atoms with Crippen LogP contribution in [0.25, 0.3) is 10.9 Å². The Labute approximate surface area is 127 Å². The molecule has 4 nitrogen and oxygen atoms in total. The number of ether oxygens (including phenoxy) is 1. The van der Waals surface area contributed by atoms with Gasteiger partial charge in [-0.05, 0) is 24.1 Å². The molecule has 6 heteroatoms. The second-order valence-electron chi connectivity index (χ2n) is 4.71. The number of nitrogens with one attached hydrogen (secondary N) is 1. The Balaban J connectivity index is 3.01. The van der Waals surface area contributed by atoms with Crippen molar-refractivity contribution < 1.29 is 9.13 Å². The molecule has 0 atom stereocenters. The molecular formula is C15H18ClFN2O2. The molecule has 0 aliphatic rings. The van der Waals surface area contributed by atoms with Crippen molar-refractivity contribution in [3.63, 3.8) is 0 Å². The van der Waals surface area contributed by atoms with Crippen molar-refractivity contribution >= 4 is 28.2 Å². The lowest BCUT2D eigenvalue weighted by Gasteiger charge is -2.18. The molecule has 21 heavy (non-hydrogen) atoms. The van der Waals surface area contributed by atoms with Crippen molar-refractivity contribution in [3.8, 4) is 0 Å². The number of pyridine rings is 1. The minimum Gasteiger partial charge on any atom is -0.387 e. The lowest BCUT2D eigenvalue weighted by atomic mass is 10.0. The van der Waals surface area contributed by atoms with Gasteiger partial charge in [0.15, 0.2) is 0 Å². The second-order valence-corrected chi connectivity index (χ2v) is 4.98. The van der Waals surface area contributed by atoms with Crippen molar-refractivity contribution in [2.24, 2.45) is 0 Å². The van der Waals surface area contributed by atoms with Crippen LogP contribution in [0.3, 0.4) is 0 Å². The number of benzene rings is 1. The van der Waals surface area contributed by atoms with Crippen LogP contribution in [0.1, 0.15) is 18.1 Å². The lowest BCUT2D eigenvalue weighted by Crippen LogP contribution is -2.26. The zero-order valence-corrected chi connectivity index (χ0v) is 13.1. The molecule has 0 bridgehead atoms. The molecule has 0 unspecified atom stereocenters. The van der Waals surface area contributed by atoms with Crippen molar-refractivity contribution in [1.82, 2.24) is 4.57 Å². The van der Waals surface area contributed by atoms with Crippen molar-refractivity contribution in [2.45, 2.75) is 26.0 Å². The van der Waals surface area contributed by atoms with Crippen LogP contribution in [0.15, 0.2) is 16.9 Å². The lowest BCUT2D eigenvalue weighted by molar-refractivity contribution is 0.131. The fourth-order valence-corrected chi connectivity index (χ4v) is 2.73. The molecule has 1 heterocycles. The molecule has 0 radical (unpaired) electrons. The number of nitrogens with zero attached hydrogens (tertiary/aromatic N) is 1. The van der Waals surface area contributed by atoms with E-state index in [4.69, 9.17) is 16.3 Å². The fourth-order valence-electron chi connectivity index (χ4n) is 2.58. The smallest absolute Gasteiger partial charge is 0.258 e. The summed E-state index contributed by atoms with van der Waals surface area (Å²) in [6, 6.07) is 3.13. The molecule has 1 aromatic heterocycles. The molecule has 2 aromatic rings. The summed E-state index contributed by atoms with van der Waals surface area (Å²) in [5.41, 5.74) is 2.00. The molecule has 114 valence electrons. The van der Waals surface area contributed by atoms with E-state index in [0.29, 0.717) is 34.1 Å². The first-order valence-electron chi connectivity index (χ1n) is 6.69. The number of anilines is 1. The van der Waals surface area contributed by atoms with Crippen LogP contribution < -0.4 is 10.9 Å². The zero-order valence-electron chi connectivity index (χ0n) is 12.3. The maximum Gasteiger partial charge on any atom is 0.258 e. The highest BCUT2D eigenvalue weighted by Crippen LogP contribution is 2.29. The SMILES string of the molecule is CCc1c(NC)c2c(F)cc(CCl)cc2n(COC)c1=O. The van der Waals surface area contributed by atoms with Gasteiger partial charge in [0.2, 0.25) is 0 Å². The summed E-state index contributed by atoms with van der Waals surface area (Å²) in [5.74, 6) is -0.217. The number of aromatic nitrogens is 1. The molecule has 2 rings (SSSR count). The normalized spacial score (nSPS) is 11.1. The van der Waals surface area contributed by atoms with Crippen LogP contribution in [0.5, 0.6) is 0 Å². The third kappa shape index (κ3) is 2.63. The topological polar surface area (TPSA) is 43.3 Å². The quantitative estimate of drug-likeness (QED) is 0.863. The largest absolute Gasteiger partial charge is 0.387 e. The molecule has 0 fully saturated rings. The van der Waals surface area contributed by atoms with E-state index in [1.807, 2.05) is 6.92 Å². The monoisotopic (exact) mass is 312 g/mol. The standard InChI is InChI=1S/C15H18ClFN2O2/c1-4-10-14(18-2)13-11(17)5-9(7-16)6-12(13)19(8-21-3)15(10)20/h5-6,18H,4,7-8H2,1-3H3. The van der Waals surface area contributed by atoms with Crippen LogP contribution in [0.4, 0.5) is 10.1 Å². The number of alkyl halides is 1. The van der Waals surface area contributed by atoms with Crippen LogP contribution in [-0.2, 0) is 23.8 Å². The predicted molar refractivity (Wildman–Crippen MR) is 83.7 cm³/mol. The Bertz CT molecular complexity index is 728. The zero-order chi connectivity index (χ0) is 15.6. The average Bonchev–Trinajstić information content (AvgIpc) is 2.49. The average molecular weight is 313 g/mol. The molecule has 1 aromatic carbocycles. The summed E-state index contributed by atoms with van der Waals surface area (Å²) in [4.78, 5) is 12.6. The van der Waals surface area contributed by atoms with E-state index in [1.54, 1.807) is 13.1 Å². The van der Waals surface area contributed by atoms with Crippen LogP contribution >= 0.6 is 11.6 Å². The predicted octanol–water partition coefficient (Wildman–Crippen LogP) is 3.09. The molecular weight excluding hydrogens is 295 g/mol. The molecule has 1 N–H and O–H groups in total. The molecule has 0 spiro atoms. The van der Waals surface area contributed by atoms with Gasteiger partial charge in [0, 0.05) is 25.6 Å². The van der Waals surface area contributed by atoms with E-state index >= 15 is 0 Å². The summed E-state index contributed by atoms with van der Waals surface area (Å²) >= 11 is 5.80. The minimum absolute atomic E-state index is 0.0670. The minimum atomic E-state index is -0.396. The number of methoxy groups -OCH3 is 1. The summed E-state index contributed by atoms with van der Waals surface area (Å²) in [6.45, 7) is 1.93. The number of hydrogen-bond acceptors (Lipinski definition) is 3. The molecule has 0 saturated carbocycles. The van der Waals surface area contributed by atoms with Crippen LogP contribution in [-0.4, -0.2) is 18.7 Å². The Morgan fingerprint density at radius 1 is 1.43 bits per heavy atom. The fraction of sp³-hybridized carbons (Fsp3) is 0.400. The van der Waals surface area contributed by atoms with Gasteiger partial charge in [0.05, 0.1) is 16.6 Å². The van der Waals surface area contributed by atoms with Crippen LogP contribution in [0, 0.1) is 5.82 Å².